The van der Waals surface area contributed by atoms with Crippen molar-refractivity contribution in [3.63, 3.8) is 0 Å². The summed E-state index contributed by atoms with van der Waals surface area (Å²) in [7, 11) is -3.38. The maximum Gasteiger partial charge on any atom is 0.387 e. The maximum atomic E-state index is 14.0. The fourth-order valence-corrected chi connectivity index (χ4v) is 6.51. The molecule has 0 saturated carbocycles. The number of alkyl halides is 2. The number of fused-ring (bicyclic) bond motifs is 1. The minimum Gasteiger partial charge on any atom is -0.454 e. The number of nitrogens with two attached hydrogens (primary N) is 1. The zero-order valence-electron chi connectivity index (χ0n) is 24.9. The molecule has 1 aliphatic carbocycles. The summed E-state index contributed by atoms with van der Waals surface area (Å²) in [4.78, 5) is 15.5. The normalized spacial score (nSPS) is 15.2. The summed E-state index contributed by atoms with van der Waals surface area (Å²) < 4.78 is 77.9. The molecule has 14 heteroatoms. The Labute approximate surface area is 263 Å². The molecule has 1 fully saturated rings. The lowest BCUT2D eigenvalue weighted by atomic mass is 10.0. The predicted molar refractivity (Wildman–Crippen MR) is 167 cm³/mol. The first-order chi connectivity index (χ1) is 21.9. The number of sulfonamides is 1. The molecule has 0 bridgehead atoms. The molecule has 10 nitrogen and oxygen atoms in total. The van der Waals surface area contributed by atoms with Crippen molar-refractivity contribution in [3.8, 4) is 22.9 Å². The van der Waals surface area contributed by atoms with Crippen LogP contribution in [-0.2, 0) is 16.4 Å². The van der Waals surface area contributed by atoms with Gasteiger partial charge >= 0.3 is 6.61 Å². The molecule has 1 aromatic heterocycles. The molecule has 240 valence electrons. The first-order valence-electron chi connectivity index (χ1n) is 14.3. The number of carbonyl (C=O) groups is 1. The minimum absolute atomic E-state index is 0.0586. The zero-order chi connectivity index (χ0) is 32.7. The summed E-state index contributed by atoms with van der Waals surface area (Å²) in [5, 5.41) is 4.35. The van der Waals surface area contributed by atoms with E-state index in [0.29, 0.717) is 33.8 Å². The third-order valence-electron chi connectivity index (χ3n) is 8.00. The van der Waals surface area contributed by atoms with Gasteiger partial charge in [0.25, 0.3) is 0 Å². The van der Waals surface area contributed by atoms with E-state index in [9.17, 15) is 26.4 Å². The number of allylic oxidation sites excluding steroid dienone is 1. The molecule has 0 radical (unpaired) electrons. The Bertz CT molecular complexity index is 1970. The van der Waals surface area contributed by atoms with Gasteiger partial charge in [-0.15, -0.1) is 0 Å². The highest BCUT2D eigenvalue weighted by Crippen LogP contribution is 2.39. The van der Waals surface area contributed by atoms with Gasteiger partial charge in [-0.3, -0.25) is 4.79 Å². The molecule has 1 saturated heterocycles. The number of halogens is 3. The van der Waals surface area contributed by atoms with Crippen molar-refractivity contribution in [1.82, 2.24) is 14.1 Å². The summed E-state index contributed by atoms with van der Waals surface area (Å²) in [5.41, 5.74) is 9.99. The standard InChI is InChI=1S/C32H30F3N5O5S/c1-19-13-23(44-28-6-4-3-5-25(28)33)7-8-26(19)40-31(36)24(18-37-40)30(41)22-14-20-16-27(29(45-32(34)35)17-21(20)15-22)38-9-11-39(12-10-38)46(2,42)43/h3-8,13,15-18,32H,9-12,14,36H2,1-2H3. The molecule has 46 heavy (non-hydrogen) atoms. The molecule has 0 spiro atoms. The number of anilines is 2. The molecule has 4 aromatic rings. The number of hydrogen-bond acceptors (Lipinski definition) is 8. The van der Waals surface area contributed by atoms with Gasteiger partial charge in [0.05, 0.1) is 29.4 Å². The Balaban J connectivity index is 1.22. The van der Waals surface area contributed by atoms with Crippen LogP contribution in [0.1, 0.15) is 27.0 Å². The van der Waals surface area contributed by atoms with Gasteiger partial charge in [-0.2, -0.15) is 18.2 Å². The second kappa shape index (κ2) is 12.2. The Morgan fingerprint density at radius 1 is 1.00 bits per heavy atom. The maximum absolute atomic E-state index is 14.0. The Kier molecular flexibility index (Phi) is 8.25. The summed E-state index contributed by atoms with van der Waals surface area (Å²) in [6.45, 7) is -0.284. The average molecular weight is 654 g/mol. The van der Waals surface area contributed by atoms with E-state index in [1.807, 2.05) is 0 Å². The van der Waals surface area contributed by atoms with E-state index >= 15 is 0 Å². The highest BCUT2D eigenvalue weighted by Gasteiger charge is 2.29. The van der Waals surface area contributed by atoms with E-state index < -0.39 is 22.5 Å². The number of hydrogen-bond donors (Lipinski definition) is 1. The Morgan fingerprint density at radius 2 is 1.74 bits per heavy atom. The molecule has 0 atom stereocenters. The summed E-state index contributed by atoms with van der Waals surface area (Å²) in [6.07, 6.45) is 4.36. The molecule has 2 aliphatic rings. The SMILES string of the molecule is Cc1cc(Oc2ccccc2F)ccc1-n1ncc(C(=O)C2=Cc3cc(OC(F)F)c(N4CCN(S(C)(=O)=O)CC4)cc3C2)c1N. The van der Waals surface area contributed by atoms with Crippen molar-refractivity contribution in [2.45, 2.75) is 20.0 Å². The van der Waals surface area contributed by atoms with Crippen molar-refractivity contribution < 1.29 is 35.9 Å². The van der Waals surface area contributed by atoms with Crippen LogP contribution >= 0.6 is 0 Å². The van der Waals surface area contributed by atoms with Crippen molar-refractivity contribution in [2.75, 3.05) is 43.1 Å². The molecular weight excluding hydrogens is 623 g/mol. The molecule has 0 unspecified atom stereocenters. The molecule has 1 aliphatic heterocycles. The smallest absolute Gasteiger partial charge is 0.387 e. The number of aryl methyl sites for hydroxylation is 1. The van der Waals surface area contributed by atoms with Crippen molar-refractivity contribution in [1.29, 1.82) is 0 Å². The molecule has 3 aromatic carbocycles. The lowest BCUT2D eigenvalue weighted by molar-refractivity contribution is -0.0495. The zero-order valence-corrected chi connectivity index (χ0v) is 25.7. The number of benzene rings is 3. The number of piperazine rings is 1. The number of aromatic nitrogens is 2. The van der Waals surface area contributed by atoms with E-state index in [0.717, 1.165) is 11.8 Å². The van der Waals surface area contributed by atoms with E-state index in [1.165, 1.54) is 33.4 Å². The van der Waals surface area contributed by atoms with Gasteiger partial charge in [0, 0.05) is 38.2 Å². The third kappa shape index (κ3) is 6.17. The number of para-hydroxylation sites is 1. The second-order valence-electron chi connectivity index (χ2n) is 11.1. The Hall–Kier alpha value is -4.82. The lowest BCUT2D eigenvalue weighted by Crippen LogP contribution is -2.48. The number of nitrogens with zero attached hydrogens (tertiary/aromatic N) is 4. The second-order valence-corrected chi connectivity index (χ2v) is 13.0. The largest absolute Gasteiger partial charge is 0.454 e. The van der Waals surface area contributed by atoms with E-state index in [-0.39, 0.29) is 61.3 Å². The topological polar surface area (TPSA) is 120 Å². The van der Waals surface area contributed by atoms with Crippen LogP contribution in [0, 0.1) is 12.7 Å². The van der Waals surface area contributed by atoms with Crippen LogP contribution < -0.4 is 20.1 Å². The lowest BCUT2D eigenvalue weighted by Gasteiger charge is -2.35. The summed E-state index contributed by atoms with van der Waals surface area (Å²) >= 11 is 0. The van der Waals surface area contributed by atoms with Gasteiger partial charge in [-0.1, -0.05) is 12.1 Å². The van der Waals surface area contributed by atoms with E-state index in [1.54, 1.807) is 54.3 Å². The van der Waals surface area contributed by atoms with Crippen LogP contribution in [0.15, 0.2) is 66.4 Å². The molecule has 2 heterocycles. The minimum atomic E-state index is -3.38. The van der Waals surface area contributed by atoms with Crippen molar-refractivity contribution in [3.05, 3.63) is 94.4 Å². The molecule has 2 N–H and O–H groups in total. The highest BCUT2D eigenvalue weighted by atomic mass is 32.2. The fourth-order valence-electron chi connectivity index (χ4n) is 5.68. The van der Waals surface area contributed by atoms with Gasteiger partial charge in [0.2, 0.25) is 10.0 Å². The first kappa shape index (κ1) is 31.2. The third-order valence-corrected chi connectivity index (χ3v) is 9.30. The molecule has 0 amide bonds. The quantitative estimate of drug-likeness (QED) is 0.245. The number of ether oxygens (including phenoxy) is 2. The highest BCUT2D eigenvalue weighted by molar-refractivity contribution is 7.88. The number of rotatable bonds is 9. The molecule has 6 rings (SSSR count). The van der Waals surface area contributed by atoms with Crippen molar-refractivity contribution in [2.24, 2.45) is 0 Å². The Morgan fingerprint density at radius 3 is 2.41 bits per heavy atom. The van der Waals surface area contributed by atoms with Gasteiger partial charge in [-0.25, -0.2) is 17.5 Å². The fraction of sp³-hybridized carbons (Fsp3) is 0.250. The van der Waals surface area contributed by atoms with Crippen LogP contribution in [-0.4, -0.2) is 67.3 Å². The van der Waals surface area contributed by atoms with Crippen LogP contribution in [0.3, 0.4) is 0 Å². The van der Waals surface area contributed by atoms with Crippen LogP contribution in [0.4, 0.5) is 24.7 Å². The van der Waals surface area contributed by atoms with Crippen molar-refractivity contribution >= 4 is 33.4 Å². The summed E-state index contributed by atoms with van der Waals surface area (Å²) in [6, 6.07) is 14.3. The predicted octanol–water partition coefficient (Wildman–Crippen LogP) is 5.20. The number of nitrogen functional groups attached to an aromatic ring is 1. The monoisotopic (exact) mass is 653 g/mol. The summed E-state index contributed by atoms with van der Waals surface area (Å²) in [5.74, 6) is -0.309. The van der Waals surface area contributed by atoms with Crippen LogP contribution in [0.25, 0.3) is 11.8 Å². The first-order valence-corrected chi connectivity index (χ1v) is 16.2. The van der Waals surface area contributed by atoms with E-state index in [4.69, 9.17) is 15.2 Å². The van der Waals surface area contributed by atoms with Gasteiger partial charge < -0.3 is 20.1 Å². The van der Waals surface area contributed by atoms with Gasteiger partial charge in [0.15, 0.2) is 17.3 Å². The van der Waals surface area contributed by atoms with Crippen LogP contribution in [0.2, 0.25) is 0 Å². The number of ketones is 1. The van der Waals surface area contributed by atoms with E-state index in [2.05, 4.69) is 5.10 Å². The number of carbonyl (C=O) groups excluding carboxylic acids is 1. The molecular formula is C32H30F3N5O5S. The van der Waals surface area contributed by atoms with Crippen LogP contribution in [0.5, 0.6) is 17.2 Å². The van der Waals surface area contributed by atoms with Gasteiger partial charge in [0.1, 0.15) is 17.3 Å². The van der Waals surface area contributed by atoms with Gasteiger partial charge in [-0.05, 0) is 72.2 Å². The average Bonchev–Trinajstić information content (AvgIpc) is 3.60. The number of Topliss-reactive ketones (excluding diaryl/α,β-unsaturated/α-hetero) is 1.